The van der Waals surface area contributed by atoms with Crippen LogP contribution in [0.5, 0.6) is 0 Å². The van der Waals surface area contributed by atoms with E-state index in [0.717, 1.165) is 27.5 Å². The van der Waals surface area contributed by atoms with E-state index >= 15 is 0 Å². The van der Waals surface area contributed by atoms with Crippen molar-refractivity contribution in [2.24, 2.45) is 5.92 Å². The standard InChI is InChI=1S/C19H16FN3O/c1-11-4-5-21-10-16(11)13-3-2-12-7-18(22-9-14(12)6-13)23-19(24)15-8-17(15)20/h2-7,9-10,15,17H,8H2,1H3,(H,22,23,24)/t15-,17-/m1/s1. The van der Waals surface area contributed by atoms with Crippen LogP contribution in [0.3, 0.4) is 0 Å². The van der Waals surface area contributed by atoms with Crippen molar-refractivity contribution < 1.29 is 9.18 Å². The zero-order valence-electron chi connectivity index (χ0n) is 13.2. The quantitative estimate of drug-likeness (QED) is 0.796. The van der Waals surface area contributed by atoms with Gasteiger partial charge in [-0.2, -0.15) is 0 Å². The normalized spacial score (nSPS) is 19.2. The molecule has 0 bridgehead atoms. The Morgan fingerprint density at radius 1 is 1.21 bits per heavy atom. The van der Waals surface area contributed by atoms with Crippen molar-refractivity contribution in [1.82, 2.24) is 9.97 Å². The van der Waals surface area contributed by atoms with Crippen LogP contribution in [0.4, 0.5) is 10.2 Å². The maximum atomic E-state index is 12.9. The van der Waals surface area contributed by atoms with Crippen molar-refractivity contribution in [2.45, 2.75) is 19.5 Å². The number of carbonyl (C=O) groups is 1. The van der Waals surface area contributed by atoms with Crippen molar-refractivity contribution in [1.29, 1.82) is 0 Å². The zero-order valence-corrected chi connectivity index (χ0v) is 13.2. The van der Waals surface area contributed by atoms with E-state index in [1.807, 2.05) is 37.4 Å². The fourth-order valence-electron chi connectivity index (χ4n) is 2.80. The van der Waals surface area contributed by atoms with Crippen LogP contribution in [0.2, 0.25) is 0 Å². The number of fused-ring (bicyclic) bond motifs is 1. The van der Waals surface area contributed by atoms with E-state index in [1.165, 1.54) is 0 Å². The second-order valence-corrected chi connectivity index (χ2v) is 6.17. The number of halogens is 1. The maximum absolute atomic E-state index is 12.9. The van der Waals surface area contributed by atoms with Crippen molar-refractivity contribution in [2.75, 3.05) is 5.32 Å². The second kappa shape index (κ2) is 5.67. The maximum Gasteiger partial charge on any atom is 0.231 e. The average Bonchev–Trinajstić information content (AvgIpc) is 3.32. The molecule has 1 amide bonds. The first-order chi connectivity index (χ1) is 11.6. The van der Waals surface area contributed by atoms with E-state index < -0.39 is 12.1 Å². The first-order valence-electron chi connectivity index (χ1n) is 7.87. The zero-order chi connectivity index (χ0) is 16.7. The molecule has 4 rings (SSSR count). The van der Waals surface area contributed by atoms with E-state index in [-0.39, 0.29) is 5.91 Å². The van der Waals surface area contributed by atoms with Crippen LogP contribution in [0.1, 0.15) is 12.0 Å². The average molecular weight is 321 g/mol. The summed E-state index contributed by atoms with van der Waals surface area (Å²) in [5.74, 6) is -0.354. The van der Waals surface area contributed by atoms with E-state index in [1.54, 1.807) is 12.4 Å². The molecule has 5 heteroatoms. The van der Waals surface area contributed by atoms with Crippen LogP contribution < -0.4 is 5.32 Å². The molecule has 0 unspecified atom stereocenters. The van der Waals surface area contributed by atoms with Gasteiger partial charge in [0.05, 0.1) is 5.92 Å². The molecular weight excluding hydrogens is 305 g/mol. The third-order valence-corrected chi connectivity index (χ3v) is 4.37. The monoisotopic (exact) mass is 321 g/mol. The number of benzene rings is 1. The van der Waals surface area contributed by atoms with Crippen LogP contribution in [-0.2, 0) is 4.79 Å². The topological polar surface area (TPSA) is 54.9 Å². The summed E-state index contributed by atoms with van der Waals surface area (Å²) in [5, 5.41) is 4.63. The lowest BCUT2D eigenvalue weighted by Gasteiger charge is -2.08. The van der Waals surface area contributed by atoms with E-state index in [4.69, 9.17) is 0 Å². The molecule has 1 N–H and O–H groups in total. The Morgan fingerprint density at radius 3 is 2.79 bits per heavy atom. The molecule has 0 saturated heterocycles. The van der Waals surface area contributed by atoms with Crippen molar-refractivity contribution >= 4 is 22.5 Å². The van der Waals surface area contributed by atoms with Gasteiger partial charge in [-0.15, -0.1) is 0 Å². The minimum atomic E-state index is -1.00. The molecule has 0 aliphatic heterocycles. The van der Waals surface area contributed by atoms with Gasteiger partial charge in [0.25, 0.3) is 0 Å². The predicted octanol–water partition coefficient (Wildman–Crippen LogP) is 3.90. The van der Waals surface area contributed by atoms with Crippen LogP contribution in [0.15, 0.2) is 48.9 Å². The largest absolute Gasteiger partial charge is 0.310 e. The number of pyridine rings is 2. The lowest BCUT2D eigenvalue weighted by atomic mass is 10.0. The van der Waals surface area contributed by atoms with Crippen molar-refractivity contribution in [3.05, 3.63) is 54.5 Å². The van der Waals surface area contributed by atoms with Crippen LogP contribution >= 0.6 is 0 Å². The number of hydrogen-bond donors (Lipinski definition) is 1. The molecule has 2 atom stereocenters. The Morgan fingerprint density at radius 2 is 2.04 bits per heavy atom. The Bertz CT molecular complexity index is 941. The van der Waals surface area contributed by atoms with Crippen molar-refractivity contribution in [3.63, 3.8) is 0 Å². The Balaban J connectivity index is 1.63. The number of aromatic nitrogens is 2. The molecule has 1 saturated carbocycles. The summed E-state index contributed by atoms with van der Waals surface area (Å²) in [4.78, 5) is 20.3. The van der Waals surface area contributed by atoms with Gasteiger partial charge in [-0.1, -0.05) is 12.1 Å². The fourth-order valence-corrected chi connectivity index (χ4v) is 2.80. The number of aryl methyl sites for hydroxylation is 1. The summed E-state index contributed by atoms with van der Waals surface area (Å²) in [6.45, 7) is 2.05. The van der Waals surface area contributed by atoms with Crippen LogP contribution in [-0.4, -0.2) is 22.0 Å². The Kier molecular flexibility index (Phi) is 3.49. The van der Waals surface area contributed by atoms with Gasteiger partial charge in [0.15, 0.2) is 0 Å². The Hall–Kier alpha value is -2.82. The van der Waals surface area contributed by atoms with Crippen LogP contribution in [0.25, 0.3) is 21.9 Å². The summed E-state index contributed by atoms with van der Waals surface area (Å²) in [5.41, 5.74) is 3.32. The molecule has 1 aliphatic rings. The molecule has 1 aliphatic carbocycles. The van der Waals surface area contributed by atoms with Crippen molar-refractivity contribution in [3.8, 4) is 11.1 Å². The lowest BCUT2D eigenvalue weighted by molar-refractivity contribution is -0.117. The number of rotatable bonds is 3. The minimum absolute atomic E-state index is 0.294. The molecule has 2 aromatic heterocycles. The van der Waals surface area contributed by atoms with Gasteiger partial charge in [-0.05, 0) is 48.1 Å². The number of carbonyl (C=O) groups excluding carboxylic acids is 1. The number of amides is 1. The molecule has 4 nitrogen and oxygen atoms in total. The number of anilines is 1. The van der Waals surface area contributed by atoms with Gasteiger partial charge in [-0.3, -0.25) is 9.78 Å². The fraction of sp³-hybridized carbons (Fsp3) is 0.211. The van der Waals surface area contributed by atoms with Gasteiger partial charge in [0.2, 0.25) is 5.91 Å². The third kappa shape index (κ3) is 2.73. The highest BCUT2D eigenvalue weighted by Crippen LogP contribution is 2.34. The number of alkyl halides is 1. The minimum Gasteiger partial charge on any atom is -0.310 e. The number of hydrogen-bond acceptors (Lipinski definition) is 3. The van der Waals surface area contributed by atoms with Gasteiger partial charge in [0.1, 0.15) is 12.0 Å². The van der Waals surface area contributed by atoms with Gasteiger partial charge in [-0.25, -0.2) is 9.37 Å². The molecule has 1 aromatic carbocycles. The highest BCUT2D eigenvalue weighted by Gasteiger charge is 2.43. The molecule has 0 spiro atoms. The van der Waals surface area contributed by atoms with Gasteiger partial charge < -0.3 is 5.32 Å². The molecule has 2 heterocycles. The summed E-state index contributed by atoms with van der Waals surface area (Å²) < 4.78 is 12.9. The first kappa shape index (κ1) is 14.8. The molecule has 120 valence electrons. The molecule has 0 radical (unpaired) electrons. The third-order valence-electron chi connectivity index (χ3n) is 4.37. The smallest absolute Gasteiger partial charge is 0.231 e. The second-order valence-electron chi connectivity index (χ2n) is 6.17. The van der Waals surface area contributed by atoms with E-state index in [2.05, 4.69) is 21.4 Å². The number of nitrogens with zero attached hydrogens (tertiary/aromatic N) is 2. The molecule has 1 fully saturated rings. The highest BCUT2D eigenvalue weighted by molar-refractivity contribution is 5.96. The Labute approximate surface area is 138 Å². The summed E-state index contributed by atoms with van der Waals surface area (Å²) in [6, 6.07) is 9.85. The molecule has 3 aromatic rings. The summed E-state index contributed by atoms with van der Waals surface area (Å²) in [6.07, 6.45) is 4.66. The predicted molar refractivity (Wildman–Crippen MR) is 91.3 cm³/mol. The molecular formula is C19H16FN3O. The van der Waals surface area contributed by atoms with E-state index in [9.17, 15) is 9.18 Å². The van der Waals surface area contributed by atoms with Crippen LogP contribution in [0, 0.1) is 12.8 Å². The summed E-state index contributed by atoms with van der Waals surface area (Å²) >= 11 is 0. The van der Waals surface area contributed by atoms with Gasteiger partial charge >= 0.3 is 0 Å². The van der Waals surface area contributed by atoms with Gasteiger partial charge in [0, 0.05) is 29.5 Å². The molecule has 24 heavy (non-hydrogen) atoms. The number of nitrogens with one attached hydrogen (secondary N) is 1. The van der Waals surface area contributed by atoms with E-state index in [0.29, 0.717) is 12.2 Å². The SMILES string of the molecule is Cc1ccncc1-c1ccc2cc(NC(=O)[C@@H]3C[C@H]3F)ncc2c1. The summed E-state index contributed by atoms with van der Waals surface area (Å²) in [7, 11) is 0. The first-order valence-corrected chi connectivity index (χ1v) is 7.87. The highest BCUT2D eigenvalue weighted by atomic mass is 19.1. The lowest BCUT2D eigenvalue weighted by Crippen LogP contribution is -2.15.